The molecule has 0 radical (unpaired) electrons. The van der Waals surface area contributed by atoms with Crippen LogP contribution in [-0.4, -0.2) is 66.1 Å². The molecule has 24 heavy (non-hydrogen) atoms. The monoisotopic (exact) mass is 333 g/mol. The van der Waals surface area contributed by atoms with E-state index in [1.165, 1.54) is 0 Å². The Hall–Kier alpha value is -1.82. The van der Waals surface area contributed by atoms with Gasteiger partial charge in [-0.05, 0) is 37.8 Å². The number of nitrogens with zero attached hydrogens (tertiary/aromatic N) is 3. The maximum atomic E-state index is 13.0. The van der Waals surface area contributed by atoms with Crippen molar-refractivity contribution in [1.29, 1.82) is 0 Å². The highest BCUT2D eigenvalue weighted by molar-refractivity contribution is 5.94. The maximum Gasteiger partial charge on any atom is 0.270 e. The molecule has 0 saturated carbocycles. The van der Waals surface area contributed by atoms with Crippen LogP contribution >= 0.6 is 0 Å². The molecule has 132 valence electrons. The van der Waals surface area contributed by atoms with E-state index in [1.807, 2.05) is 39.7 Å². The molecule has 0 aromatic carbocycles. The molecule has 1 aromatic rings. The average molecular weight is 333 g/mol. The number of aryl methyl sites for hydroxylation is 1. The first-order valence-corrected chi connectivity index (χ1v) is 8.76. The van der Waals surface area contributed by atoms with E-state index in [1.54, 1.807) is 7.11 Å². The molecule has 2 saturated heterocycles. The molecule has 1 aromatic heterocycles. The van der Waals surface area contributed by atoms with Crippen LogP contribution in [0.15, 0.2) is 18.3 Å². The fourth-order valence-electron chi connectivity index (χ4n) is 4.03. The second-order valence-corrected chi connectivity index (χ2v) is 7.00. The molecule has 2 aliphatic heterocycles. The van der Waals surface area contributed by atoms with Crippen molar-refractivity contribution in [3.8, 4) is 0 Å². The number of ether oxygens (including phenoxy) is 1. The molecule has 0 unspecified atom stereocenters. The first-order chi connectivity index (χ1) is 11.6. The van der Waals surface area contributed by atoms with Crippen LogP contribution in [-0.2, 0) is 16.6 Å². The first-order valence-electron chi connectivity index (χ1n) is 8.76. The van der Waals surface area contributed by atoms with E-state index >= 15 is 0 Å². The van der Waals surface area contributed by atoms with Gasteiger partial charge in [0.25, 0.3) is 5.91 Å². The van der Waals surface area contributed by atoms with Crippen molar-refractivity contribution in [2.75, 3.05) is 39.9 Å². The van der Waals surface area contributed by atoms with Crippen molar-refractivity contribution in [2.45, 2.75) is 25.7 Å². The molecule has 3 heterocycles. The Bertz CT molecular complexity index is 612. The number of piperidine rings is 1. The molecule has 6 nitrogen and oxygen atoms in total. The summed E-state index contributed by atoms with van der Waals surface area (Å²) in [4.78, 5) is 29.5. The van der Waals surface area contributed by atoms with Crippen LogP contribution < -0.4 is 0 Å². The van der Waals surface area contributed by atoms with Crippen LogP contribution in [0.3, 0.4) is 0 Å². The highest BCUT2D eigenvalue weighted by atomic mass is 16.5. The van der Waals surface area contributed by atoms with Gasteiger partial charge in [0, 0.05) is 53.1 Å². The van der Waals surface area contributed by atoms with Crippen LogP contribution in [0.5, 0.6) is 0 Å². The quantitative estimate of drug-likeness (QED) is 0.768. The molecule has 0 bridgehead atoms. The van der Waals surface area contributed by atoms with Crippen LogP contribution in [0.25, 0.3) is 0 Å². The molecule has 0 N–H and O–H groups in total. The summed E-state index contributed by atoms with van der Waals surface area (Å²) in [6.07, 6.45) is 5.43. The summed E-state index contributed by atoms with van der Waals surface area (Å²) in [5, 5.41) is 0. The summed E-state index contributed by atoms with van der Waals surface area (Å²) in [5.41, 5.74) is 0.318. The summed E-state index contributed by atoms with van der Waals surface area (Å²) in [6.45, 7) is 3.48. The molecule has 3 rings (SSSR count). The number of likely N-dealkylation sites (tertiary alicyclic amines) is 2. The third-order valence-electron chi connectivity index (χ3n) is 5.40. The van der Waals surface area contributed by atoms with Crippen molar-refractivity contribution in [3.63, 3.8) is 0 Å². The minimum Gasteiger partial charge on any atom is -0.385 e. The lowest BCUT2D eigenvalue weighted by Crippen LogP contribution is -2.50. The number of aromatic nitrogens is 1. The Morgan fingerprint density at radius 3 is 2.88 bits per heavy atom. The summed E-state index contributed by atoms with van der Waals surface area (Å²) in [7, 11) is 3.56. The third-order valence-corrected chi connectivity index (χ3v) is 5.40. The van der Waals surface area contributed by atoms with E-state index in [4.69, 9.17) is 4.74 Å². The first kappa shape index (κ1) is 17.0. The third kappa shape index (κ3) is 3.07. The Balaban J connectivity index is 1.67. The molecule has 6 heteroatoms. The van der Waals surface area contributed by atoms with Gasteiger partial charge in [-0.25, -0.2) is 0 Å². The summed E-state index contributed by atoms with van der Waals surface area (Å²) >= 11 is 0. The van der Waals surface area contributed by atoms with E-state index < -0.39 is 0 Å². The van der Waals surface area contributed by atoms with Crippen LogP contribution in [0, 0.1) is 5.41 Å². The van der Waals surface area contributed by atoms with Crippen molar-refractivity contribution >= 4 is 11.8 Å². The van der Waals surface area contributed by atoms with Gasteiger partial charge >= 0.3 is 0 Å². The molecular formula is C18H27N3O3. The van der Waals surface area contributed by atoms with Gasteiger partial charge in [-0.2, -0.15) is 0 Å². The number of amides is 2. The van der Waals surface area contributed by atoms with Crippen molar-refractivity contribution < 1.29 is 14.3 Å². The highest BCUT2D eigenvalue weighted by Crippen LogP contribution is 2.40. The number of rotatable bonds is 5. The fraction of sp³-hybridized carbons (Fsp3) is 0.667. The van der Waals surface area contributed by atoms with Crippen LogP contribution in [0.4, 0.5) is 0 Å². The average Bonchev–Trinajstić information content (AvgIpc) is 3.19. The number of methoxy groups -OCH3 is 1. The summed E-state index contributed by atoms with van der Waals surface area (Å²) in [6, 6.07) is 3.72. The van der Waals surface area contributed by atoms with Gasteiger partial charge in [-0.3, -0.25) is 9.59 Å². The molecule has 0 aliphatic carbocycles. The lowest BCUT2D eigenvalue weighted by molar-refractivity contribution is -0.145. The van der Waals surface area contributed by atoms with Crippen LogP contribution in [0.1, 0.15) is 36.2 Å². The second-order valence-electron chi connectivity index (χ2n) is 7.00. The lowest BCUT2D eigenvalue weighted by atomic mass is 9.78. The largest absolute Gasteiger partial charge is 0.385 e. The zero-order valence-electron chi connectivity index (χ0n) is 14.7. The van der Waals surface area contributed by atoms with Gasteiger partial charge in [0.05, 0.1) is 5.41 Å². The molecule has 1 spiro atoms. The van der Waals surface area contributed by atoms with E-state index in [9.17, 15) is 9.59 Å². The number of hydrogen-bond acceptors (Lipinski definition) is 3. The standard InChI is InChI=1S/C18H27N3O3/c1-19-9-3-6-15(19)16(22)21-12-8-18(14-21)7-4-10-20(17(18)23)11-5-13-24-2/h3,6,9H,4-5,7-8,10-14H2,1-2H3/t18-/m1/s1. The molecular weight excluding hydrogens is 306 g/mol. The van der Waals surface area contributed by atoms with Gasteiger partial charge in [-0.1, -0.05) is 0 Å². The number of carbonyl (C=O) groups is 2. The van der Waals surface area contributed by atoms with Gasteiger partial charge in [0.1, 0.15) is 5.69 Å². The van der Waals surface area contributed by atoms with E-state index in [0.717, 1.165) is 38.8 Å². The lowest BCUT2D eigenvalue weighted by Gasteiger charge is -2.39. The maximum absolute atomic E-state index is 13.0. The molecule has 2 amide bonds. The summed E-state index contributed by atoms with van der Waals surface area (Å²) in [5.74, 6) is 0.260. The second kappa shape index (κ2) is 6.97. The number of hydrogen-bond donors (Lipinski definition) is 0. The Morgan fingerprint density at radius 2 is 2.17 bits per heavy atom. The Kier molecular flexibility index (Phi) is 4.94. The Labute approximate surface area is 143 Å². The van der Waals surface area contributed by atoms with Gasteiger partial charge in [0.15, 0.2) is 0 Å². The predicted octanol–water partition coefficient (Wildman–Crippen LogP) is 1.52. The van der Waals surface area contributed by atoms with Crippen molar-refractivity contribution in [2.24, 2.45) is 12.5 Å². The Morgan fingerprint density at radius 1 is 1.33 bits per heavy atom. The van der Waals surface area contributed by atoms with Crippen molar-refractivity contribution in [1.82, 2.24) is 14.4 Å². The molecule has 2 fully saturated rings. The van der Waals surface area contributed by atoms with E-state index in [0.29, 0.717) is 25.4 Å². The molecule has 2 aliphatic rings. The predicted molar refractivity (Wildman–Crippen MR) is 90.7 cm³/mol. The minimum atomic E-state index is -0.369. The normalized spacial score (nSPS) is 24.2. The minimum absolute atomic E-state index is 0.0312. The highest BCUT2D eigenvalue weighted by Gasteiger charge is 2.49. The van der Waals surface area contributed by atoms with Gasteiger partial charge < -0.3 is 19.1 Å². The smallest absolute Gasteiger partial charge is 0.270 e. The van der Waals surface area contributed by atoms with Gasteiger partial charge in [-0.15, -0.1) is 0 Å². The van der Waals surface area contributed by atoms with Gasteiger partial charge in [0.2, 0.25) is 5.91 Å². The van der Waals surface area contributed by atoms with E-state index in [-0.39, 0.29) is 17.2 Å². The van der Waals surface area contributed by atoms with Crippen molar-refractivity contribution in [3.05, 3.63) is 24.0 Å². The zero-order chi connectivity index (χ0) is 17.2. The van der Waals surface area contributed by atoms with Crippen LogP contribution in [0.2, 0.25) is 0 Å². The SMILES string of the molecule is COCCCN1CCC[C@]2(CCN(C(=O)c3cccn3C)C2)C1=O. The zero-order valence-corrected chi connectivity index (χ0v) is 14.7. The van der Waals surface area contributed by atoms with E-state index in [2.05, 4.69) is 0 Å². The molecule has 1 atom stereocenters. The topological polar surface area (TPSA) is 54.8 Å². The number of carbonyl (C=O) groups excluding carboxylic acids is 2. The fourth-order valence-corrected chi connectivity index (χ4v) is 4.03. The summed E-state index contributed by atoms with van der Waals surface area (Å²) < 4.78 is 6.93.